The molecule has 1 atom stereocenters. The molecule has 0 aliphatic rings. The van der Waals surface area contributed by atoms with E-state index in [-0.39, 0.29) is 30.1 Å². The van der Waals surface area contributed by atoms with Crippen LogP contribution < -0.4 is 15.8 Å². The van der Waals surface area contributed by atoms with Crippen LogP contribution >= 0.6 is 24.0 Å². The maximum absolute atomic E-state index is 5.73. The number of hydrogen-bond acceptors (Lipinski definition) is 2. The van der Waals surface area contributed by atoms with Gasteiger partial charge in [0.05, 0.1) is 6.54 Å². The van der Waals surface area contributed by atoms with Gasteiger partial charge in [-0.15, -0.1) is 24.0 Å². The molecular weight excluding hydrogens is 353 g/mol. The molecule has 1 aromatic carbocycles. The quantitative estimate of drug-likeness (QED) is 0.455. The van der Waals surface area contributed by atoms with Gasteiger partial charge in [-0.2, -0.15) is 0 Å². The van der Waals surface area contributed by atoms with Crippen molar-refractivity contribution in [3.8, 4) is 5.75 Å². The second-order valence-corrected chi connectivity index (χ2v) is 4.39. The number of ether oxygens (including phenoxy) is 1. The van der Waals surface area contributed by atoms with E-state index in [2.05, 4.69) is 24.2 Å². The van der Waals surface area contributed by atoms with E-state index < -0.39 is 0 Å². The van der Waals surface area contributed by atoms with Gasteiger partial charge in [0.15, 0.2) is 5.96 Å². The number of benzene rings is 1. The summed E-state index contributed by atoms with van der Waals surface area (Å²) >= 11 is 0. The molecule has 0 radical (unpaired) electrons. The molecule has 5 heteroatoms. The molecule has 4 nitrogen and oxygen atoms in total. The molecule has 0 aliphatic carbocycles. The average Bonchev–Trinajstić information content (AvgIpc) is 2.36. The summed E-state index contributed by atoms with van der Waals surface area (Å²) in [7, 11) is 0. The largest absolute Gasteiger partial charge is 0.489 e. The van der Waals surface area contributed by atoms with Gasteiger partial charge in [0.2, 0.25) is 0 Å². The van der Waals surface area contributed by atoms with Crippen LogP contribution in [-0.2, 0) is 0 Å². The van der Waals surface area contributed by atoms with Crippen molar-refractivity contribution in [1.29, 1.82) is 0 Å². The van der Waals surface area contributed by atoms with Crippen molar-refractivity contribution in [1.82, 2.24) is 5.32 Å². The zero-order valence-electron chi connectivity index (χ0n) is 11.8. The van der Waals surface area contributed by atoms with Gasteiger partial charge in [0, 0.05) is 6.54 Å². The molecule has 1 rings (SSSR count). The van der Waals surface area contributed by atoms with E-state index >= 15 is 0 Å². The van der Waals surface area contributed by atoms with Gasteiger partial charge < -0.3 is 15.8 Å². The first-order valence-electron chi connectivity index (χ1n) is 6.39. The predicted octanol–water partition coefficient (Wildman–Crippen LogP) is 2.69. The van der Waals surface area contributed by atoms with Crippen LogP contribution in [0.1, 0.15) is 25.8 Å². The van der Waals surface area contributed by atoms with Crippen LogP contribution in [0.3, 0.4) is 0 Å². The number of guanidine groups is 1. The Balaban J connectivity index is 0.00000324. The van der Waals surface area contributed by atoms with Crippen molar-refractivity contribution >= 4 is 29.9 Å². The second-order valence-electron chi connectivity index (χ2n) is 4.39. The van der Waals surface area contributed by atoms with E-state index in [1.165, 1.54) is 5.56 Å². The molecule has 0 spiro atoms. The van der Waals surface area contributed by atoms with Crippen molar-refractivity contribution in [2.75, 3.05) is 13.1 Å². The van der Waals surface area contributed by atoms with Crippen LogP contribution in [0.5, 0.6) is 5.75 Å². The van der Waals surface area contributed by atoms with Gasteiger partial charge in [0.25, 0.3) is 0 Å². The Morgan fingerprint density at radius 1 is 1.37 bits per heavy atom. The second kappa shape index (κ2) is 9.89. The van der Waals surface area contributed by atoms with E-state index in [0.29, 0.717) is 12.5 Å². The summed E-state index contributed by atoms with van der Waals surface area (Å²) in [5.74, 6) is 1.35. The Kier molecular flexibility index (Phi) is 9.38. The highest BCUT2D eigenvalue weighted by Gasteiger charge is 2.03. The van der Waals surface area contributed by atoms with Gasteiger partial charge in [-0.05, 0) is 32.4 Å². The van der Waals surface area contributed by atoms with Crippen molar-refractivity contribution in [3.63, 3.8) is 0 Å². The zero-order valence-corrected chi connectivity index (χ0v) is 14.2. The number of rotatable bonds is 6. The Labute approximate surface area is 132 Å². The molecule has 0 heterocycles. The van der Waals surface area contributed by atoms with Crippen molar-refractivity contribution in [2.24, 2.45) is 10.7 Å². The maximum Gasteiger partial charge on any atom is 0.188 e. The lowest BCUT2D eigenvalue weighted by atomic mass is 10.2. The van der Waals surface area contributed by atoms with Crippen LogP contribution in [0, 0.1) is 6.92 Å². The van der Waals surface area contributed by atoms with Crippen LogP contribution in [0.2, 0.25) is 0 Å². The van der Waals surface area contributed by atoms with E-state index in [1.54, 1.807) is 0 Å². The van der Waals surface area contributed by atoms with Gasteiger partial charge in [-0.3, -0.25) is 0 Å². The minimum Gasteiger partial charge on any atom is -0.489 e. The van der Waals surface area contributed by atoms with Crippen LogP contribution in [0.25, 0.3) is 0 Å². The maximum atomic E-state index is 5.73. The van der Waals surface area contributed by atoms with Gasteiger partial charge in [-0.1, -0.05) is 24.6 Å². The fraction of sp³-hybridized carbons (Fsp3) is 0.500. The normalized spacial score (nSPS) is 12.5. The summed E-state index contributed by atoms with van der Waals surface area (Å²) in [5.41, 5.74) is 6.93. The number of aryl methyl sites for hydroxylation is 1. The minimum atomic E-state index is 0. The summed E-state index contributed by atoms with van der Waals surface area (Å²) in [6.45, 7) is 7.52. The first-order chi connectivity index (χ1) is 8.61. The summed E-state index contributed by atoms with van der Waals surface area (Å²) in [6, 6.07) is 7.99. The molecule has 0 saturated heterocycles. The summed E-state index contributed by atoms with van der Waals surface area (Å²) in [6.07, 6.45) is 1.04. The third-order valence-corrected chi connectivity index (χ3v) is 2.43. The van der Waals surface area contributed by atoms with Crippen LogP contribution in [0.4, 0.5) is 0 Å². The van der Waals surface area contributed by atoms with Crippen molar-refractivity contribution < 1.29 is 4.74 Å². The zero-order chi connectivity index (χ0) is 13.4. The highest BCUT2D eigenvalue weighted by molar-refractivity contribution is 14.0. The molecule has 3 N–H and O–H groups in total. The summed E-state index contributed by atoms with van der Waals surface area (Å²) < 4.78 is 5.73. The molecule has 0 saturated carbocycles. The van der Waals surface area contributed by atoms with E-state index in [9.17, 15) is 0 Å². The van der Waals surface area contributed by atoms with E-state index in [4.69, 9.17) is 10.5 Å². The first kappa shape index (κ1) is 18.0. The number of halogens is 1. The Hall–Kier alpha value is -0.980. The van der Waals surface area contributed by atoms with E-state index in [0.717, 1.165) is 18.7 Å². The van der Waals surface area contributed by atoms with Gasteiger partial charge in [-0.25, -0.2) is 4.99 Å². The molecule has 0 bridgehead atoms. The Morgan fingerprint density at radius 3 is 2.58 bits per heavy atom. The van der Waals surface area contributed by atoms with Crippen molar-refractivity contribution in [3.05, 3.63) is 29.8 Å². The van der Waals surface area contributed by atoms with Gasteiger partial charge >= 0.3 is 0 Å². The highest BCUT2D eigenvalue weighted by Crippen LogP contribution is 2.13. The van der Waals surface area contributed by atoms with Crippen LogP contribution in [-0.4, -0.2) is 25.2 Å². The minimum absolute atomic E-state index is 0. The topological polar surface area (TPSA) is 59.6 Å². The highest BCUT2D eigenvalue weighted by atomic mass is 127. The lowest BCUT2D eigenvalue weighted by molar-refractivity contribution is 0.230. The third-order valence-electron chi connectivity index (χ3n) is 2.43. The molecular formula is C14H24IN3O. The SMILES string of the molecule is CCCNC(N)=NCC(C)Oc1ccc(C)cc1.I. The Morgan fingerprint density at radius 2 is 2.00 bits per heavy atom. The fourth-order valence-electron chi connectivity index (χ4n) is 1.42. The predicted molar refractivity (Wildman–Crippen MR) is 91.5 cm³/mol. The molecule has 0 aromatic heterocycles. The lowest BCUT2D eigenvalue weighted by Crippen LogP contribution is -2.33. The number of nitrogens with one attached hydrogen (secondary N) is 1. The Bertz CT molecular complexity index is 379. The molecule has 19 heavy (non-hydrogen) atoms. The number of aliphatic imine (C=N–C) groups is 1. The number of hydrogen-bond donors (Lipinski definition) is 2. The monoisotopic (exact) mass is 377 g/mol. The average molecular weight is 377 g/mol. The first-order valence-corrected chi connectivity index (χ1v) is 6.39. The lowest BCUT2D eigenvalue weighted by Gasteiger charge is -2.13. The molecule has 0 amide bonds. The van der Waals surface area contributed by atoms with Crippen molar-refractivity contribution in [2.45, 2.75) is 33.3 Å². The van der Waals surface area contributed by atoms with Gasteiger partial charge in [0.1, 0.15) is 11.9 Å². The van der Waals surface area contributed by atoms with E-state index in [1.807, 2.05) is 31.2 Å². The third kappa shape index (κ3) is 7.92. The molecule has 1 unspecified atom stereocenters. The molecule has 0 fully saturated rings. The number of nitrogens with zero attached hydrogens (tertiary/aromatic N) is 1. The molecule has 1 aromatic rings. The fourth-order valence-corrected chi connectivity index (χ4v) is 1.42. The molecule has 0 aliphatic heterocycles. The summed E-state index contributed by atoms with van der Waals surface area (Å²) in [5, 5.41) is 3.03. The number of nitrogens with two attached hydrogens (primary N) is 1. The standard InChI is InChI=1S/C14H23N3O.HI/c1-4-9-16-14(15)17-10-12(3)18-13-7-5-11(2)6-8-13;/h5-8,12H,4,9-10H2,1-3H3,(H3,15,16,17);1H. The summed E-state index contributed by atoms with van der Waals surface area (Å²) in [4.78, 5) is 4.23. The molecule has 108 valence electrons. The van der Waals surface area contributed by atoms with Crippen LogP contribution in [0.15, 0.2) is 29.3 Å². The smallest absolute Gasteiger partial charge is 0.188 e.